The average Bonchev–Trinajstić information content (AvgIpc) is 2.27. The standard InChI is InChI=1S/C12H26BN3/c13-15-9-5-1-3-7-11-16(14)12-8-4-2-6-10-15/h1-12,14H2. The molecule has 1 fully saturated rings. The first-order valence-corrected chi connectivity index (χ1v) is 6.78. The van der Waals surface area contributed by atoms with Gasteiger partial charge in [0.1, 0.15) is 0 Å². The molecule has 2 radical (unpaired) electrons. The van der Waals surface area contributed by atoms with Gasteiger partial charge in [0.2, 0.25) is 0 Å². The Hall–Kier alpha value is -0.0551. The lowest BCUT2D eigenvalue weighted by Crippen LogP contribution is -2.33. The predicted octanol–water partition coefficient (Wildman–Crippen LogP) is 1.68. The van der Waals surface area contributed by atoms with E-state index in [2.05, 4.69) is 0 Å². The van der Waals surface area contributed by atoms with Crippen LogP contribution in [0.2, 0.25) is 0 Å². The third kappa shape index (κ3) is 7.26. The van der Waals surface area contributed by atoms with Crippen LogP contribution >= 0.6 is 0 Å². The maximum absolute atomic E-state index is 5.91. The molecule has 0 saturated carbocycles. The molecule has 4 heteroatoms. The third-order valence-electron chi connectivity index (χ3n) is 3.28. The Morgan fingerprint density at radius 2 is 1.00 bits per heavy atom. The van der Waals surface area contributed by atoms with Gasteiger partial charge in [-0.15, -0.1) is 0 Å². The van der Waals surface area contributed by atoms with Crippen LogP contribution in [0, 0.1) is 0 Å². The van der Waals surface area contributed by atoms with E-state index in [1.165, 1.54) is 51.4 Å². The Labute approximate surface area is 102 Å². The van der Waals surface area contributed by atoms with Gasteiger partial charge < -0.3 is 4.81 Å². The highest BCUT2D eigenvalue weighted by Gasteiger charge is 2.02. The zero-order valence-corrected chi connectivity index (χ0v) is 10.5. The molecule has 0 aromatic carbocycles. The number of nitrogens with zero attached hydrogens (tertiary/aromatic N) is 2. The van der Waals surface area contributed by atoms with Crippen molar-refractivity contribution in [3.05, 3.63) is 0 Å². The summed E-state index contributed by atoms with van der Waals surface area (Å²) in [6.45, 7) is 4.19. The van der Waals surface area contributed by atoms with Crippen molar-refractivity contribution >= 4 is 7.98 Å². The third-order valence-corrected chi connectivity index (χ3v) is 3.28. The van der Waals surface area contributed by atoms with Crippen LogP contribution in [0.1, 0.15) is 51.4 Å². The molecule has 0 bridgehead atoms. The van der Waals surface area contributed by atoms with E-state index >= 15 is 0 Å². The SMILES string of the molecule is [B]N1CCCCCCN(N)CCCCCC1. The number of hydrogen-bond acceptors (Lipinski definition) is 3. The fourth-order valence-corrected chi connectivity index (χ4v) is 2.19. The fraction of sp³-hybridized carbons (Fsp3) is 1.00. The molecule has 0 amide bonds. The Bertz CT molecular complexity index is 132. The van der Waals surface area contributed by atoms with E-state index in [-0.39, 0.29) is 0 Å². The Morgan fingerprint density at radius 3 is 1.44 bits per heavy atom. The highest BCUT2D eigenvalue weighted by atomic mass is 15.4. The van der Waals surface area contributed by atoms with Crippen LogP contribution < -0.4 is 5.84 Å². The molecule has 1 heterocycles. The first kappa shape index (κ1) is 14.0. The normalized spacial score (nSPS) is 25.1. The lowest BCUT2D eigenvalue weighted by Gasteiger charge is -2.19. The van der Waals surface area contributed by atoms with Crippen LogP contribution in [0.3, 0.4) is 0 Å². The van der Waals surface area contributed by atoms with Crippen LogP contribution in [0.5, 0.6) is 0 Å². The van der Waals surface area contributed by atoms with Crippen molar-refractivity contribution < 1.29 is 0 Å². The highest BCUT2D eigenvalue weighted by molar-refractivity contribution is 6.04. The zero-order chi connectivity index (χ0) is 11.6. The summed E-state index contributed by atoms with van der Waals surface area (Å²) in [5.41, 5.74) is 0. The molecule has 0 aromatic rings. The van der Waals surface area contributed by atoms with Gasteiger partial charge in [-0.1, -0.05) is 25.7 Å². The van der Waals surface area contributed by atoms with Crippen molar-refractivity contribution in [2.45, 2.75) is 51.4 Å². The second-order valence-electron chi connectivity index (χ2n) is 4.90. The summed E-state index contributed by atoms with van der Waals surface area (Å²) in [5, 5.41) is 1.99. The molecule has 2 N–H and O–H groups in total. The topological polar surface area (TPSA) is 32.5 Å². The molecule has 0 spiro atoms. The molecular weight excluding hydrogens is 197 g/mol. The van der Waals surface area contributed by atoms with Gasteiger partial charge in [0, 0.05) is 13.1 Å². The number of rotatable bonds is 0. The van der Waals surface area contributed by atoms with Crippen molar-refractivity contribution in [2.75, 3.05) is 26.2 Å². The Kier molecular flexibility index (Phi) is 7.90. The maximum atomic E-state index is 5.91. The van der Waals surface area contributed by atoms with E-state index in [1.807, 2.05) is 9.82 Å². The molecule has 0 aliphatic carbocycles. The van der Waals surface area contributed by atoms with Crippen LogP contribution in [0.15, 0.2) is 0 Å². The first-order chi connectivity index (χ1) is 7.79. The Balaban J connectivity index is 2.18. The van der Waals surface area contributed by atoms with E-state index in [1.54, 1.807) is 0 Å². The van der Waals surface area contributed by atoms with E-state index in [4.69, 9.17) is 13.8 Å². The molecule has 0 atom stereocenters. The summed E-state index contributed by atoms with van der Waals surface area (Å²) < 4.78 is 0. The minimum Gasteiger partial charge on any atom is -0.353 e. The second-order valence-corrected chi connectivity index (χ2v) is 4.90. The van der Waals surface area contributed by atoms with Crippen LogP contribution in [0.4, 0.5) is 0 Å². The first-order valence-electron chi connectivity index (χ1n) is 6.78. The number of nitrogens with two attached hydrogens (primary N) is 1. The van der Waals surface area contributed by atoms with Gasteiger partial charge in [0.05, 0.1) is 0 Å². The summed E-state index contributed by atoms with van der Waals surface area (Å²) in [5.74, 6) is 5.91. The summed E-state index contributed by atoms with van der Waals surface area (Å²) in [7, 11) is 5.91. The maximum Gasteiger partial charge on any atom is 0.182 e. The fourth-order valence-electron chi connectivity index (χ4n) is 2.19. The van der Waals surface area contributed by atoms with E-state index in [0.29, 0.717) is 0 Å². The van der Waals surface area contributed by atoms with Crippen LogP contribution in [-0.4, -0.2) is 44.0 Å². The van der Waals surface area contributed by atoms with E-state index in [9.17, 15) is 0 Å². The molecule has 16 heavy (non-hydrogen) atoms. The van der Waals surface area contributed by atoms with E-state index < -0.39 is 0 Å². The van der Waals surface area contributed by atoms with Crippen molar-refractivity contribution in [2.24, 2.45) is 5.84 Å². The number of hydrogen-bond donors (Lipinski definition) is 1. The van der Waals surface area contributed by atoms with Crippen molar-refractivity contribution in [3.63, 3.8) is 0 Å². The molecule has 92 valence electrons. The van der Waals surface area contributed by atoms with Crippen LogP contribution in [-0.2, 0) is 0 Å². The van der Waals surface area contributed by atoms with Gasteiger partial charge in [-0.25, -0.2) is 5.01 Å². The summed E-state index contributed by atoms with van der Waals surface area (Å²) >= 11 is 0. The molecular formula is C12H26BN3. The Morgan fingerprint density at radius 1 is 0.625 bits per heavy atom. The number of hydrazine groups is 1. The minimum absolute atomic E-state index is 1.05. The monoisotopic (exact) mass is 223 g/mol. The van der Waals surface area contributed by atoms with Gasteiger partial charge in [-0.2, -0.15) is 0 Å². The molecule has 1 saturated heterocycles. The van der Waals surface area contributed by atoms with Gasteiger partial charge in [0.15, 0.2) is 7.98 Å². The van der Waals surface area contributed by atoms with Gasteiger partial charge in [0.25, 0.3) is 0 Å². The van der Waals surface area contributed by atoms with Crippen molar-refractivity contribution in [1.82, 2.24) is 9.82 Å². The highest BCUT2D eigenvalue weighted by Crippen LogP contribution is 2.06. The van der Waals surface area contributed by atoms with Gasteiger partial charge >= 0.3 is 0 Å². The predicted molar refractivity (Wildman–Crippen MR) is 70.0 cm³/mol. The van der Waals surface area contributed by atoms with Crippen molar-refractivity contribution in [1.29, 1.82) is 0 Å². The quantitative estimate of drug-likeness (QED) is 0.501. The zero-order valence-electron chi connectivity index (χ0n) is 10.5. The van der Waals surface area contributed by atoms with E-state index in [0.717, 1.165) is 26.2 Å². The second kappa shape index (κ2) is 9.02. The minimum atomic E-state index is 1.05. The lowest BCUT2D eigenvalue weighted by atomic mass is 10.1. The van der Waals surface area contributed by atoms with Crippen LogP contribution in [0.25, 0.3) is 0 Å². The summed E-state index contributed by atoms with van der Waals surface area (Å²) in [6.07, 6.45) is 10.0. The largest absolute Gasteiger partial charge is 0.353 e. The molecule has 1 aliphatic heterocycles. The molecule has 3 nitrogen and oxygen atoms in total. The molecule has 0 unspecified atom stereocenters. The van der Waals surface area contributed by atoms with Gasteiger partial charge in [-0.3, -0.25) is 5.84 Å². The summed E-state index contributed by atoms with van der Waals surface area (Å²) in [6, 6.07) is 0. The van der Waals surface area contributed by atoms with Gasteiger partial charge in [-0.05, 0) is 38.8 Å². The molecule has 1 aliphatic rings. The lowest BCUT2D eigenvalue weighted by molar-refractivity contribution is 0.265. The van der Waals surface area contributed by atoms with Crippen molar-refractivity contribution in [3.8, 4) is 0 Å². The average molecular weight is 223 g/mol. The molecule has 0 aromatic heterocycles. The smallest absolute Gasteiger partial charge is 0.182 e. The summed E-state index contributed by atoms with van der Waals surface area (Å²) in [4.78, 5) is 1.99. The molecule has 1 rings (SSSR count).